The minimum Gasteiger partial charge on any atom is -0.370 e. The van der Waals surface area contributed by atoms with Gasteiger partial charge in [0.15, 0.2) is 0 Å². The molecule has 3 rings (SSSR count). The van der Waals surface area contributed by atoms with E-state index in [0.29, 0.717) is 31.5 Å². The van der Waals surface area contributed by atoms with Crippen LogP contribution in [0.5, 0.6) is 0 Å². The van der Waals surface area contributed by atoms with Crippen LogP contribution in [0.15, 0.2) is 48.7 Å². The number of nitrogens with zero attached hydrogens (tertiary/aromatic N) is 3. The van der Waals surface area contributed by atoms with Gasteiger partial charge in [-0.1, -0.05) is 18.2 Å². The molecule has 0 saturated carbocycles. The third-order valence-electron chi connectivity index (χ3n) is 5.09. The molecule has 7 nitrogen and oxygen atoms in total. The molecule has 2 heterocycles. The fourth-order valence-electron chi connectivity index (χ4n) is 3.60. The van der Waals surface area contributed by atoms with Gasteiger partial charge in [0.1, 0.15) is 0 Å². The fraction of sp³-hybridized carbons (Fsp3) is 0.364. The molecule has 1 fully saturated rings. The van der Waals surface area contributed by atoms with Crippen LogP contribution in [0.3, 0.4) is 0 Å². The first-order chi connectivity index (χ1) is 14.0. The number of anilines is 1. The molecule has 1 aromatic heterocycles. The number of para-hydroxylation sites is 1. The third kappa shape index (κ3) is 5.19. The van der Waals surface area contributed by atoms with Crippen molar-refractivity contribution in [2.75, 3.05) is 18.0 Å². The van der Waals surface area contributed by atoms with Crippen molar-refractivity contribution in [1.29, 1.82) is 0 Å². The van der Waals surface area contributed by atoms with E-state index in [4.69, 9.17) is 5.73 Å². The Morgan fingerprint density at radius 3 is 2.55 bits per heavy atom. The summed E-state index contributed by atoms with van der Waals surface area (Å²) in [5.41, 5.74) is 7.40. The number of amides is 3. The molecule has 0 spiro atoms. The zero-order chi connectivity index (χ0) is 20.8. The standard InChI is InChI=1S/C22H26N4O3/c1-16-10-11-17(14-24-16)22(29)25-13-12-19(15-25)26(18-6-3-2-4-7-18)21(28)9-5-8-20(23)27/h2-4,6-7,10-11,14,19H,5,8-9,12-13,15H2,1H3,(H2,23,27)/t19-/m1/s1. The highest BCUT2D eigenvalue weighted by Crippen LogP contribution is 2.25. The van der Waals surface area contributed by atoms with Crippen LogP contribution in [0.4, 0.5) is 5.69 Å². The van der Waals surface area contributed by atoms with Crippen molar-refractivity contribution < 1.29 is 14.4 Å². The fourth-order valence-corrected chi connectivity index (χ4v) is 3.60. The molecule has 0 unspecified atom stereocenters. The second-order valence-corrected chi connectivity index (χ2v) is 7.30. The Morgan fingerprint density at radius 1 is 1.14 bits per heavy atom. The van der Waals surface area contributed by atoms with Gasteiger partial charge in [0, 0.05) is 43.5 Å². The summed E-state index contributed by atoms with van der Waals surface area (Å²) >= 11 is 0. The largest absolute Gasteiger partial charge is 0.370 e. The Hall–Kier alpha value is -3.22. The highest BCUT2D eigenvalue weighted by molar-refractivity contribution is 5.96. The van der Waals surface area contributed by atoms with Crippen molar-refractivity contribution in [1.82, 2.24) is 9.88 Å². The Kier molecular flexibility index (Phi) is 6.59. The molecule has 3 amide bonds. The maximum atomic E-state index is 13.0. The van der Waals surface area contributed by atoms with E-state index in [2.05, 4.69) is 4.98 Å². The number of hydrogen-bond acceptors (Lipinski definition) is 4. The number of pyridine rings is 1. The highest BCUT2D eigenvalue weighted by atomic mass is 16.2. The average molecular weight is 394 g/mol. The zero-order valence-corrected chi connectivity index (χ0v) is 16.6. The lowest BCUT2D eigenvalue weighted by molar-refractivity contribution is -0.119. The van der Waals surface area contributed by atoms with Crippen molar-refractivity contribution >= 4 is 23.4 Å². The first-order valence-electron chi connectivity index (χ1n) is 9.83. The molecule has 1 saturated heterocycles. The molecule has 1 aliphatic heterocycles. The summed E-state index contributed by atoms with van der Waals surface area (Å²) < 4.78 is 0. The van der Waals surface area contributed by atoms with Gasteiger partial charge in [-0.15, -0.1) is 0 Å². The number of hydrogen-bond donors (Lipinski definition) is 1. The molecule has 152 valence electrons. The van der Waals surface area contributed by atoms with Gasteiger partial charge in [-0.3, -0.25) is 19.4 Å². The molecular formula is C22H26N4O3. The first-order valence-corrected chi connectivity index (χ1v) is 9.83. The van der Waals surface area contributed by atoms with Gasteiger partial charge in [0.2, 0.25) is 11.8 Å². The van der Waals surface area contributed by atoms with E-state index in [9.17, 15) is 14.4 Å². The molecule has 2 aromatic rings. The Bertz CT molecular complexity index is 867. The molecule has 0 aliphatic carbocycles. The summed E-state index contributed by atoms with van der Waals surface area (Å²) in [4.78, 5) is 44.5. The minimum absolute atomic E-state index is 0.0613. The third-order valence-corrected chi connectivity index (χ3v) is 5.09. The number of likely N-dealkylation sites (tertiary alicyclic amines) is 1. The summed E-state index contributed by atoms with van der Waals surface area (Å²) in [6.07, 6.45) is 3.13. The molecular weight excluding hydrogens is 368 g/mol. The number of carbonyl (C=O) groups excluding carboxylic acids is 3. The van der Waals surface area contributed by atoms with E-state index in [1.54, 1.807) is 22.1 Å². The number of carbonyl (C=O) groups is 3. The van der Waals surface area contributed by atoms with Crippen LogP contribution in [0, 0.1) is 6.92 Å². The average Bonchev–Trinajstić information content (AvgIpc) is 3.18. The number of benzene rings is 1. The second kappa shape index (κ2) is 9.32. The number of nitrogens with two attached hydrogens (primary N) is 1. The molecule has 29 heavy (non-hydrogen) atoms. The van der Waals surface area contributed by atoms with Crippen molar-refractivity contribution in [3.63, 3.8) is 0 Å². The van der Waals surface area contributed by atoms with Crippen molar-refractivity contribution in [2.45, 2.75) is 38.6 Å². The van der Waals surface area contributed by atoms with Gasteiger partial charge in [0.25, 0.3) is 5.91 Å². The SMILES string of the molecule is Cc1ccc(C(=O)N2CC[C@@H](N(C(=O)CCCC(N)=O)c3ccccc3)C2)cn1. The van der Waals surface area contributed by atoms with E-state index in [1.807, 2.05) is 43.3 Å². The van der Waals surface area contributed by atoms with Crippen molar-refractivity contribution in [3.8, 4) is 0 Å². The first kappa shape index (κ1) is 20.5. The smallest absolute Gasteiger partial charge is 0.255 e. The van der Waals surface area contributed by atoms with E-state index in [0.717, 1.165) is 11.4 Å². The van der Waals surface area contributed by atoms with Gasteiger partial charge in [0.05, 0.1) is 11.6 Å². The van der Waals surface area contributed by atoms with Gasteiger partial charge in [-0.25, -0.2) is 0 Å². The molecule has 2 N–H and O–H groups in total. The van der Waals surface area contributed by atoms with Gasteiger partial charge in [-0.05, 0) is 44.0 Å². The van der Waals surface area contributed by atoms with Crippen LogP contribution in [0.25, 0.3) is 0 Å². The van der Waals surface area contributed by atoms with E-state index < -0.39 is 5.91 Å². The lowest BCUT2D eigenvalue weighted by Crippen LogP contribution is -2.43. The summed E-state index contributed by atoms with van der Waals surface area (Å²) in [5, 5.41) is 0. The summed E-state index contributed by atoms with van der Waals surface area (Å²) in [6.45, 7) is 2.92. The van der Waals surface area contributed by atoms with Crippen LogP contribution >= 0.6 is 0 Å². The topological polar surface area (TPSA) is 96.6 Å². The quantitative estimate of drug-likeness (QED) is 0.779. The summed E-state index contributed by atoms with van der Waals surface area (Å²) in [7, 11) is 0. The molecule has 1 aliphatic rings. The van der Waals surface area contributed by atoms with Crippen LogP contribution in [0.1, 0.15) is 41.7 Å². The molecule has 1 atom stereocenters. The lowest BCUT2D eigenvalue weighted by Gasteiger charge is -2.29. The zero-order valence-electron chi connectivity index (χ0n) is 16.6. The second-order valence-electron chi connectivity index (χ2n) is 7.30. The van der Waals surface area contributed by atoms with Crippen LogP contribution in [-0.4, -0.2) is 46.7 Å². The van der Waals surface area contributed by atoms with Crippen LogP contribution in [0.2, 0.25) is 0 Å². The maximum Gasteiger partial charge on any atom is 0.255 e. The maximum absolute atomic E-state index is 13.0. The minimum atomic E-state index is -0.409. The number of aromatic nitrogens is 1. The Balaban J connectivity index is 1.73. The molecule has 1 aromatic carbocycles. The number of aryl methyl sites for hydroxylation is 1. The van der Waals surface area contributed by atoms with Crippen LogP contribution < -0.4 is 10.6 Å². The number of rotatable bonds is 7. The number of primary amides is 1. The van der Waals surface area contributed by atoms with Gasteiger partial charge < -0.3 is 15.5 Å². The molecule has 0 bridgehead atoms. The van der Waals surface area contributed by atoms with Crippen LogP contribution in [-0.2, 0) is 9.59 Å². The highest BCUT2D eigenvalue weighted by Gasteiger charge is 2.34. The predicted molar refractivity (Wildman–Crippen MR) is 110 cm³/mol. The monoisotopic (exact) mass is 394 g/mol. The van der Waals surface area contributed by atoms with E-state index >= 15 is 0 Å². The van der Waals surface area contributed by atoms with Gasteiger partial charge >= 0.3 is 0 Å². The molecule has 0 radical (unpaired) electrons. The predicted octanol–water partition coefficient (Wildman–Crippen LogP) is 2.29. The van der Waals surface area contributed by atoms with Crippen molar-refractivity contribution in [3.05, 3.63) is 59.9 Å². The summed E-state index contributed by atoms with van der Waals surface area (Å²) in [6, 6.07) is 12.9. The lowest BCUT2D eigenvalue weighted by atomic mass is 10.1. The Morgan fingerprint density at radius 2 is 1.90 bits per heavy atom. The van der Waals surface area contributed by atoms with Gasteiger partial charge in [-0.2, -0.15) is 0 Å². The molecule has 7 heteroatoms. The Labute approximate surface area is 170 Å². The normalized spacial score (nSPS) is 15.9. The summed E-state index contributed by atoms with van der Waals surface area (Å²) in [5.74, 6) is -0.545. The van der Waals surface area contributed by atoms with E-state index in [-0.39, 0.29) is 30.7 Å². The van der Waals surface area contributed by atoms with E-state index in [1.165, 1.54) is 0 Å². The van der Waals surface area contributed by atoms with Crippen molar-refractivity contribution in [2.24, 2.45) is 5.73 Å².